The molecule has 2 atom stereocenters. The van der Waals surface area contributed by atoms with E-state index in [1.165, 1.54) is 116 Å². The maximum Gasteiger partial charge on any atom is 0.472 e. The molecule has 0 saturated heterocycles. The predicted octanol–water partition coefficient (Wildman–Crippen LogP) is 9.41. The van der Waals surface area contributed by atoms with Crippen molar-refractivity contribution in [3.05, 3.63) is 0 Å². The predicted molar refractivity (Wildman–Crippen MR) is 174 cm³/mol. The number of esters is 1. The van der Waals surface area contributed by atoms with Gasteiger partial charge in [-0.2, -0.15) is 0 Å². The number of hydrogen-bond donors (Lipinski definition) is 2. The third-order valence-corrected chi connectivity index (χ3v) is 8.51. The van der Waals surface area contributed by atoms with Crippen LogP contribution in [0.25, 0.3) is 0 Å². The summed E-state index contributed by atoms with van der Waals surface area (Å²) in [4.78, 5) is 22.3. The molecule has 0 radical (unpaired) electrons. The summed E-state index contributed by atoms with van der Waals surface area (Å²) in [6.07, 6.45) is 28.2. The van der Waals surface area contributed by atoms with Crippen molar-refractivity contribution in [1.82, 2.24) is 0 Å². The van der Waals surface area contributed by atoms with Crippen LogP contribution in [-0.2, 0) is 27.9 Å². The number of unbranched alkanes of at least 4 members (excludes halogenated alkanes) is 21. The minimum absolute atomic E-state index is 0.0908. The van der Waals surface area contributed by atoms with Crippen LogP contribution in [0.15, 0.2) is 0 Å². The van der Waals surface area contributed by atoms with Gasteiger partial charge in [0.1, 0.15) is 6.10 Å². The van der Waals surface area contributed by atoms with Crippen molar-refractivity contribution in [3.8, 4) is 0 Å². The summed E-state index contributed by atoms with van der Waals surface area (Å²) in [6, 6.07) is 0. The second-order valence-corrected chi connectivity index (χ2v) is 13.2. The number of ether oxygens (including phenoxy) is 2. The zero-order valence-corrected chi connectivity index (χ0v) is 28.4. The van der Waals surface area contributed by atoms with E-state index in [4.69, 9.17) is 24.3 Å². The number of rotatable bonds is 34. The Hall–Kier alpha value is -0.500. The largest absolute Gasteiger partial charge is 0.472 e. The van der Waals surface area contributed by atoms with Gasteiger partial charge >= 0.3 is 13.8 Å². The Labute approximate surface area is 259 Å². The molecule has 0 aromatic rings. The van der Waals surface area contributed by atoms with E-state index in [9.17, 15) is 14.3 Å². The number of nitrogens with two attached hydrogens (primary N) is 1. The number of phosphoric acid groups is 1. The Morgan fingerprint density at radius 1 is 0.619 bits per heavy atom. The van der Waals surface area contributed by atoms with Crippen LogP contribution in [0.3, 0.4) is 0 Å². The average molecular weight is 622 g/mol. The molecule has 0 amide bonds. The molecule has 9 heteroatoms. The van der Waals surface area contributed by atoms with E-state index in [1.54, 1.807) is 0 Å². The first kappa shape index (κ1) is 41.5. The topological polar surface area (TPSA) is 117 Å². The Kier molecular flexibility index (Phi) is 31.5. The minimum atomic E-state index is -4.25. The van der Waals surface area contributed by atoms with Gasteiger partial charge in [-0.1, -0.05) is 149 Å². The first-order valence-electron chi connectivity index (χ1n) is 17.5. The molecular weight excluding hydrogens is 553 g/mol. The maximum absolute atomic E-state index is 12.5. The summed E-state index contributed by atoms with van der Waals surface area (Å²) in [5.74, 6) is -0.329. The minimum Gasteiger partial charge on any atom is -0.457 e. The third-order valence-electron chi connectivity index (χ3n) is 7.52. The van der Waals surface area contributed by atoms with Gasteiger partial charge in [-0.05, 0) is 12.8 Å². The average Bonchev–Trinajstić information content (AvgIpc) is 2.97. The van der Waals surface area contributed by atoms with Gasteiger partial charge in [-0.3, -0.25) is 13.8 Å². The van der Waals surface area contributed by atoms with Crippen molar-refractivity contribution in [2.24, 2.45) is 5.73 Å². The van der Waals surface area contributed by atoms with Gasteiger partial charge in [0.25, 0.3) is 0 Å². The molecular formula is C33H68NO7P. The molecule has 0 aliphatic carbocycles. The Balaban J connectivity index is 4.09. The van der Waals surface area contributed by atoms with Crippen LogP contribution in [-0.4, -0.2) is 49.9 Å². The lowest BCUT2D eigenvalue weighted by Crippen LogP contribution is -2.28. The quantitative estimate of drug-likeness (QED) is 0.0414. The van der Waals surface area contributed by atoms with Gasteiger partial charge in [0, 0.05) is 19.6 Å². The van der Waals surface area contributed by atoms with Crippen molar-refractivity contribution >= 4 is 13.8 Å². The van der Waals surface area contributed by atoms with Crippen LogP contribution < -0.4 is 5.73 Å². The molecule has 0 aromatic carbocycles. The summed E-state index contributed by atoms with van der Waals surface area (Å²) in [5, 5.41) is 0. The Morgan fingerprint density at radius 2 is 1.05 bits per heavy atom. The zero-order chi connectivity index (χ0) is 31.0. The second kappa shape index (κ2) is 31.9. The van der Waals surface area contributed by atoms with Gasteiger partial charge in [-0.15, -0.1) is 0 Å². The molecule has 0 aromatic heterocycles. The van der Waals surface area contributed by atoms with Gasteiger partial charge in [0.05, 0.1) is 19.8 Å². The molecule has 0 saturated carbocycles. The molecule has 0 aliphatic rings. The highest BCUT2D eigenvalue weighted by Crippen LogP contribution is 2.43. The molecule has 252 valence electrons. The monoisotopic (exact) mass is 621 g/mol. The third kappa shape index (κ3) is 30.9. The van der Waals surface area contributed by atoms with Crippen molar-refractivity contribution in [3.63, 3.8) is 0 Å². The SMILES string of the molecule is CCCCCCCCCCCCCCCC(=O)OC(COCCCCCCCCCCCC)COP(=O)(O)OCCN. The summed E-state index contributed by atoms with van der Waals surface area (Å²) in [6.45, 7) is 4.93. The molecule has 3 N–H and O–H groups in total. The van der Waals surface area contributed by atoms with Crippen LogP contribution in [0.4, 0.5) is 0 Å². The van der Waals surface area contributed by atoms with E-state index >= 15 is 0 Å². The van der Waals surface area contributed by atoms with Crippen LogP contribution >= 0.6 is 7.82 Å². The van der Waals surface area contributed by atoms with Gasteiger partial charge in [-0.25, -0.2) is 4.57 Å². The number of carbonyl (C=O) groups excluding carboxylic acids is 1. The molecule has 0 fully saturated rings. The lowest BCUT2D eigenvalue weighted by Gasteiger charge is -2.20. The fraction of sp³-hybridized carbons (Fsp3) is 0.970. The van der Waals surface area contributed by atoms with Gasteiger partial charge in [0.15, 0.2) is 0 Å². The molecule has 42 heavy (non-hydrogen) atoms. The van der Waals surface area contributed by atoms with Crippen LogP contribution in [0, 0.1) is 0 Å². The first-order valence-corrected chi connectivity index (χ1v) is 19.0. The normalized spacial score (nSPS) is 13.7. The highest BCUT2D eigenvalue weighted by molar-refractivity contribution is 7.47. The molecule has 0 bridgehead atoms. The zero-order valence-electron chi connectivity index (χ0n) is 27.5. The van der Waals surface area contributed by atoms with Gasteiger partial charge in [0.2, 0.25) is 0 Å². The lowest BCUT2D eigenvalue weighted by atomic mass is 10.0. The van der Waals surface area contributed by atoms with Crippen molar-refractivity contribution in [2.45, 2.75) is 174 Å². The molecule has 2 unspecified atom stereocenters. The van der Waals surface area contributed by atoms with Crippen molar-refractivity contribution < 1.29 is 32.8 Å². The smallest absolute Gasteiger partial charge is 0.457 e. The number of hydrogen-bond acceptors (Lipinski definition) is 7. The van der Waals surface area contributed by atoms with E-state index in [-0.39, 0.29) is 32.3 Å². The molecule has 0 aliphatic heterocycles. The number of phosphoric ester groups is 1. The van der Waals surface area contributed by atoms with E-state index in [2.05, 4.69) is 13.8 Å². The van der Waals surface area contributed by atoms with Crippen LogP contribution in [0.1, 0.15) is 168 Å². The molecule has 0 heterocycles. The summed E-state index contributed by atoms with van der Waals surface area (Å²) in [5.41, 5.74) is 5.33. The van der Waals surface area contributed by atoms with Crippen molar-refractivity contribution in [2.75, 3.05) is 33.0 Å². The highest BCUT2D eigenvalue weighted by Gasteiger charge is 2.25. The van der Waals surface area contributed by atoms with Crippen LogP contribution in [0.2, 0.25) is 0 Å². The standard InChI is InChI=1S/C33H68NO7P/c1-3-5-7-9-11-13-15-16-17-18-20-22-24-26-33(35)41-32(31-40-42(36,37)39-29-27-34)30-38-28-25-23-21-19-14-12-10-8-6-4-2/h32H,3-31,34H2,1-2H3,(H,36,37). The summed E-state index contributed by atoms with van der Waals surface area (Å²) < 4.78 is 33.2. The lowest BCUT2D eigenvalue weighted by molar-refractivity contribution is -0.154. The summed E-state index contributed by atoms with van der Waals surface area (Å²) >= 11 is 0. The van der Waals surface area contributed by atoms with Gasteiger partial charge < -0.3 is 20.1 Å². The Morgan fingerprint density at radius 3 is 1.50 bits per heavy atom. The molecule has 0 rings (SSSR count). The first-order chi connectivity index (χ1) is 20.4. The summed E-state index contributed by atoms with van der Waals surface area (Å²) in [7, 11) is -4.25. The fourth-order valence-corrected chi connectivity index (χ4v) is 5.70. The van der Waals surface area contributed by atoms with Crippen molar-refractivity contribution in [1.29, 1.82) is 0 Å². The van der Waals surface area contributed by atoms with E-state index < -0.39 is 13.9 Å². The Bertz CT molecular complexity index is 623. The van der Waals surface area contributed by atoms with Crippen LogP contribution in [0.5, 0.6) is 0 Å². The van der Waals surface area contributed by atoms with E-state index in [0.29, 0.717) is 13.0 Å². The number of carbonyl (C=O) groups is 1. The van der Waals surface area contributed by atoms with E-state index in [1.807, 2.05) is 0 Å². The fourth-order valence-electron chi connectivity index (χ4n) is 4.94. The second-order valence-electron chi connectivity index (χ2n) is 11.7. The highest BCUT2D eigenvalue weighted by atomic mass is 31.2. The maximum atomic E-state index is 12.5. The molecule has 0 spiro atoms. The van der Waals surface area contributed by atoms with E-state index in [0.717, 1.165) is 32.1 Å². The molecule has 8 nitrogen and oxygen atoms in total.